The van der Waals surface area contributed by atoms with Crippen molar-refractivity contribution < 1.29 is 13.9 Å². The normalized spacial score (nSPS) is 14.1. The summed E-state index contributed by atoms with van der Waals surface area (Å²) in [6.45, 7) is 3.55. The average molecular weight is 240 g/mol. The third kappa shape index (κ3) is 3.71. The van der Waals surface area contributed by atoms with Crippen molar-refractivity contribution in [2.75, 3.05) is 6.61 Å². The number of primary amides is 1. The topological polar surface area (TPSA) is 78.3 Å². The molecular formula is C12H17FN2O2. The molecule has 4 nitrogen and oxygen atoms in total. The second-order valence-electron chi connectivity index (χ2n) is 4.29. The Labute approximate surface area is 99.7 Å². The number of halogens is 1. The Morgan fingerprint density at radius 2 is 2.18 bits per heavy atom. The van der Waals surface area contributed by atoms with E-state index in [0.717, 1.165) is 0 Å². The minimum atomic E-state index is -1.09. The molecule has 0 heterocycles. The predicted octanol–water partition coefficient (Wildman–Crippen LogP) is 1.11. The van der Waals surface area contributed by atoms with Crippen molar-refractivity contribution in [3.63, 3.8) is 0 Å². The molecule has 0 aliphatic carbocycles. The van der Waals surface area contributed by atoms with Crippen molar-refractivity contribution >= 4 is 5.91 Å². The zero-order valence-electron chi connectivity index (χ0n) is 10.00. The molecular weight excluding hydrogens is 223 g/mol. The molecule has 0 saturated carbocycles. The average Bonchev–Trinajstić information content (AvgIpc) is 2.21. The molecule has 0 aromatic heterocycles. The van der Waals surface area contributed by atoms with Gasteiger partial charge < -0.3 is 16.2 Å². The Morgan fingerprint density at radius 3 is 2.71 bits per heavy atom. The lowest BCUT2D eigenvalue weighted by molar-refractivity contribution is -0.123. The van der Waals surface area contributed by atoms with Gasteiger partial charge in [0.1, 0.15) is 11.6 Å². The summed E-state index contributed by atoms with van der Waals surface area (Å²) in [5.74, 6) is -0.306. The molecule has 0 saturated heterocycles. The van der Waals surface area contributed by atoms with Gasteiger partial charge in [-0.05, 0) is 37.6 Å². The van der Waals surface area contributed by atoms with Gasteiger partial charge in [-0.2, -0.15) is 0 Å². The maximum atomic E-state index is 12.8. The molecule has 4 N–H and O–H groups in total. The summed E-state index contributed by atoms with van der Waals surface area (Å²) in [5, 5.41) is 0. The molecule has 1 aromatic rings. The standard InChI is InChI=1S/C12H17FN2O2/c1-8-7-9(13)3-4-10(8)17-6-5-12(2,15)11(14)16/h3-4,7H,5-6,15H2,1-2H3,(H2,14,16). The van der Waals surface area contributed by atoms with E-state index in [0.29, 0.717) is 17.7 Å². The maximum Gasteiger partial charge on any atom is 0.237 e. The number of hydrogen-bond donors (Lipinski definition) is 2. The fourth-order valence-electron chi connectivity index (χ4n) is 1.27. The van der Waals surface area contributed by atoms with Crippen LogP contribution in [0.1, 0.15) is 18.9 Å². The summed E-state index contributed by atoms with van der Waals surface area (Å²) in [7, 11) is 0. The van der Waals surface area contributed by atoms with Crippen LogP contribution in [-0.2, 0) is 4.79 Å². The molecule has 1 amide bonds. The molecule has 5 heteroatoms. The van der Waals surface area contributed by atoms with Crippen molar-refractivity contribution in [2.24, 2.45) is 11.5 Å². The van der Waals surface area contributed by atoms with E-state index in [4.69, 9.17) is 16.2 Å². The number of rotatable bonds is 5. The lowest BCUT2D eigenvalue weighted by atomic mass is 9.99. The first-order chi connectivity index (χ1) is 7.83. The van der Waals surface area contributed by atoms with Gasteiger partial charge in [0, 0.05) is 6.42 Å². The van der Waals surface area contributed by atoms with Gasteiger partial charge in [-0.25, -0.2) is 4.39 Å². The fraction of sp³-hybridized carbons (Fsp3) is 0.417. The van der Waals surface area contributed by atoms with Crippen LogP contribution in [0.5, 0.6) is 5.75 Å². The SMILES string of the molecule is Cc1cc(F)ccc1OCCC(C)(N)C(N)=O. The number of nitrogens with two attached hydrogens (primary N) is 2. The van der Waals surface area contributed by atoms with Gasteiger partial charge >= 0.3 is 0 Å². The number of carbonyl (C=O) groups is 1. The molecule has 1 rings (SSSR count). The molecule has 0 bridgehead atoms. The van der Waals surface area contributed by atoms with Gasteiger partial charge in [0.05, 0.1) is 12.1 Å². The van der Waals surface area contributed by atoms with Crippen molar-refractivity contribution in [3.05, 3.63) is 29.6 Å². The number of amides is 1. The van der Waals surface area contributed by atoms with E-state index in [-0.39, 0.29) is 12.4 Å². The molecule has 1 unspecified atom stereocenters. The second-order valence-corrected chi connectivity index (χ2v) is 4.29. The van der Waals surface area contributed by atoms with Crippen LogP contribution in [0, 0.1) is 12.7 Å². The van der Waals surface area contributed by atoms with Gasteiger partial charge in [0.25, 0.3) is 0 Å². The first kappa shape index (κ1) is 13.4. The van der Waals surface area contributed by atoms with Crippen LogP contribution in [0.25, 0.3) is 0 Å². The van der Waals surface area contributed by atoms with Crippen LogP contribution < -0.4 is 16.2 Å². The Balaban J connectivity index is 2.54. The molecule has 1 aromatic carbocycles. The van der Waals surface area contributed by atoms with E-state index in [2.05, 4.69) is 0 Å². The van der Waals surface area contributed by atoms with Gasteiger partial charge in [-0.3, -0.25) is 4.79 Å². The molecule has 0 aliphatic rings. The van der Waals surface area contributed by atoms with Crippen molar-refractivity contribution in [1.29, 1.82) is 0 Å². The van der Waals surface area contributed by atoms with Crippen LogP contribution >= 0.6 is 0 Å². The summed E-state index contributed by atoms with van der Waals surface area (Å²) in [6.07, 6.45) is 0.305. The first-order valence-electron chi connectivity index (χ1n) is 5.30. The summed E-state index contributed by atoms with van der Waals surface area (Å²) in [4.78, 5) is 11.0. The van der Waals surface area contributed by atoms with Crippen LogP contribution in [-0.4, -0.2) is 18.1 Å². The predicted molar refractivity (Wildman–Crippen MR) is 63.0 cm³/mol. The monoisotopic (exact) mass is 240 g/mol. The highest BCUT2D eigenvalue weighted by molar-refractivity contribution is 5.83. The summed E-state index contributed by atoms with van der Waals surface area (Å²) < 4.78 is 18.3. The number of aryl methyl sites for hydroxylation is 1. The zero-order valence-corrected chi connectivity index (χ0v) is 10.00. The van der Waals surface area contributed by atoms with E-state index in [1.54, 1.807) is 19.9 Å². The third-order valence-electron chi connectivity index (χ3n) is 2.58. The highest BCUT2D eigenvalue weighted by atomic mass is 19.1. The van der Waals surface area contributed by atoms with Crippen LogP contribution in [0.15, 0.2) is 18.2 Å². The number of benzene rings is 1. The molecule has 0 fully saturated rings. The number of hydrogen-bond acceptors (Lipinski definition) is 3. The largest absolute Gasteiger partial charge is 0.493 e. The molecule has 1 atom stereocenters. The molecule has 0 aliphatic heterocycles. The van der Waals surface area contributed by atoms with E-state index >= 15 is 0 Å². The second kappa shape index (κ2) is 5.14. The Morgan fingerprint density at radius 1 is 1.53 bits per heavy atom. The third-order valence-corrected chi connectivity index (χ3v) is 2.58. The van der Waals surface area contributed by atoms with Crippen LogP contribution in [0.3, 0.4) is 0 Å². The van der Waals surface area contributed by atoms with E-state index in [1.807, 2.05) is 0 Å². The summed E-state index contributed by atoms with van der Waals surface area (Å²) >= 11 is 0. The quantitative estimate of drug-likeness (QED) is 0.809. The lowest BCUT2D eigenvalue weighted by Gasteiger charge is -2.20. The van der Waals surface area contributed by atoms with Crippen LogP contribution in [0.4, 0.5) is 4.39 Å². The lowest BCUT2D eigenvalue weighted by Crippen LogP contribution is -2.50. The Hall–Kier alpha value is -1.62. The van der Waals surface area contributed by atoms with Crippen molar-refractivity contribution in [2.45, 2.75) is 25.8 Å². The highest BCUT2D eigenvalue weighted by Crippen LogP contribution is 2.19. The van der Waals surface area contributed by atoms with Gasteiger partial charge in [0.15, 0.2) is 0 Å². The van der Waals surface area contributed by atoms with E-state index in [9.17, 15) is 9.18 Å². The Kier molecular flexibility index (Phi) is 4.07. The molecule has 94 valence electrons. The van der Waals surface area contributed by atoms with Crippen molar-refractivity contribution in [1.82, 2.24) is 0 Å². The van der Waals surface area contributed by atoms with Crippen molar-refractivity contribution in [3.8, 4) is 5.75 Å². The fourth-order valence-corrected chi connectivity index (χ4v) is 1.27. The maximum absolute atomic E-state index is 12.8. The molecule has 0 radical (unpaired) electrons. The summed E-state index contributed by atoms with van der Waals surface area (Å²) in [6, 6.07) is 4.24. The first-order valence-corrected chi connectivity index (χ1v) is 5.30. The highest BCUT2D eigenvalue weighted by Gasteiger charge is 2.25. The minimum absolute atomic E-state index is 0.252. The van der Waals surface area contributed by atoms with Crippen LogP contribution in [0.2, 0.25) is 0 Å². The zero-order chi connectivity index (χ0) is 13.1. The Bertz CT molecular complexity index is 419. The van der Waals surface area contributed by atoms with Gasteiger partial charge in [0.2, 0.25) is 5.91 Å². The molecule has 0 spiro atoms. The minimum Gasteiger partial charge on any atom is -0.493 e. The number of ether oxygens (including phenoxy) is 1. The summed E-state index contributed by atoms with van der Waals surface area (Å²) in [5.41, 5.74) is 10.4. The van der Waals surface area contributed by atoms with E-state index < -0.39 is 11.4 Å². The smallest absolute Gasteiger partial charge is 0.237 e. The van der Waals surface area contributed by atoms with Gasteiger partial charge in [-0.15, -0.1) is 0 Å². The van der Waals surface area contributed by atoms with Gasteiger partial charge in [-0.1, -0.05) is 0 Å². The number of carbonyl (C=O) groups excluding carboxylic acids is 1. The molecule has 17 heavy (non-hydrogen) atoms. The van der Waals surface area contributed by atoms with E-state index in [1.165, 1.54) is 12.1 Å².